The van der Waals surface area contributed by atoms with Crippen LogP contribution in [0.1, 0.15) is 59.8 Å². The van der Waals surface area contributed by atoms with Gasteiger partial charge in [0.1, 0.15) is 18.2 Å². The largest absolute Gasteiger partial charge is 0.481 e. The standard InChI is InChI=1S/C28H35NO9/c1-5-6-7-8-9-11-18(32)38-22-21(33)19-20(28(4)15-10-14-27(2,3)23(22)28)25(35)29(24(19)34)16(26(36)37)12-13-17(30)31/h5-9,11,16,21-23,33H,10,12-15H2,1-4H3,(H,30,31)(H,36,37). The van der Waals surface area contributed by atoms with Crippen molar-refractivity contribution in [2.75, 3.05) is 0 Å². The van der Waals surface area contributed by atoms with Gasteiger partial charge >= 0.3 is 17.9 Å². The summed E-state index contributed by atoms with van der Waals surface area (Å²) in [4.78, 5) is 63.7. The first-order valence-corrected chi connectivity index (χ1v) is 12.7. The summed E-state index contributed by atoms with van der Waals surface area (Å²) < 4.78 is 5.76. The average Bonchev–Trinajstić information content (AvgIpc) is 3.07. The number of carboxylic acid groups (broad SMARTS) is 2. The number of carbonyl (C=O) groups is 5. The highest BCUT2D eigenvalue weighted by atomic mass is 16.6. The third-order valence-corrected chi connectivity index (χ3v) is 7.94. The SMILES string of the molecule is CC=CC=CC=CC(=O)OC1C(O)C2=C(C(=O)N(C(CCC(=O)O)C(=O)O)C2=O)C2(C)CCCC(C)(C)C12. The number of fused-ring (bicyclic) bond motifs is 2. The molecule has 0 aromatic rings. The Labute approximate surface area is 221 Å². The molecule has 3 N–H and O–H groups in total. The van der Waals surface area contributed by atoms with E-state index < -0.39 is 77.6 Å². The first-order valence-electron chi connectivity index (χ1n) is 12.7. The molecule has 0 saturated heterocycles. The number of aliphatic hydroxyl groups is 1. The fourth-order valence-electron chi connectivity index (χ4n) is 6.50. The summed E-state index contributed by atoms with van der Waals surface area (Å²) in [5.74, 6) is -5.91. The predicted molar refractivity (Wildman–Crippen MR) is 135 cm³/mol. The van der Waals surface area contributed by atoms with E-state index in [4.69, 9.17) is 9.84 Å². The van der Waals surface area contributed by atoms with Crippen LogP contribution in [-0.4, -0.2) is 68.2 Å². The number of nitrogens with zero attached hydrogens (tertiary/aromatic N) is 1. The smallest absolute Gasteiger partial charge is 0.331 e. The summed E-state index contributed by atoms with van der Waals surface area (Å²) in [6.07, 6.45) is 7.65. The van der Waals surface area contributed by atoms with Crippen LogP contribution < -0.4 is 0 Å². The summed E-state index contributed by atoms with van der Waals surface area (Å²) in [6.45, 7) is 7.54. The maximum atomic E-state index is 13.7. The molecule has 38 heavy (non-hydrogen) atoms. The van der Waals surface area contributed by atoms with Gasteiger partial charge in [-0.2, -0.15) is 0 Å². The van der Waals surface area contributed by atoms with Crippen LogP contribution in [0.25, 0.3) is 0 Å². The Kier molecular flexibility index (Phi) is 8.45. The van der Waals surface area contributed by atoms with Gasteiger partial charge in [-0.3, -0.25) is 19.3 Å². The molecule has 3 aliphatic rings. The molecule has 1 aliphatic heterocycles. The molecule has 206 valence electrons. The van der Waals surface area contributed by atoms with Gasteiger partial charge in [0.2, 0.25) is 0 Å². The molecule has 0 aromatic carbocycles. The zero-order valence-corrected chi connectivity index (χ0v) is 22.0. The monoisotopic (exact) mass is 529 g/mol. The van der Waals surface area contributed by atoms with Crippen LogP contribution in [0.5, 0.6) is 0 Å². The maximum Gasteiger partial charge on any atom is 0.331 e. The van der Waals surface area contributed by atoms with Crippen LogP contribution >= 0.6 is 0 Å². The molecular formula is C28H35NO9. The lowest BCUT2D eigenvalue weighted by atomic mass is 9.49. The van der Waals surface area contributed by atoms with Crippen molar-refractivity contribution >= 4 is 29.7 Å². The molecule has 5 atom stereocenters. The van der Waals surface area contributed by atoms with Gasteiger partial charge < -0.3 is 20.1 Å². The van der Waals surface area contributed by atoms with Gasteiger partial charge in [0, 0.05) is 29.4 Å². The van der Waals surface area contributed by atoms with Crippen molar-refractivity contribution in [1.29, 1.82) is 0 Å². The highest BCUT2D eigenvalue weighted by molar-refractivity contribution is 6.22. The van der Waals surface area contributed by atoms with Crippen LogP contribution in [-0.2, 0) is 28.7 Å². The lowest BCUT2D eigenvalue weighted by molar-refractivity contribution is -0.171. The minimum absolute atomic E-state index is 0.0338. The lowest BCUT2D eigenvalue weighted by Crippen LogP contribution is -2.58. The summed E-state index contributed by atoms with van der Waals surface area (Å²) >= 11 is 0. The molecule has 0 bridgehead atoms. The van der Waals surface area contributed by atoms with E-state index in [9.17, 15) is 34.2 Å². The average molecular weight is 530 g/mol. The van der Waals surface area contributed by atoms with Crippen LogP contribution in [0.4, 0.5) is 0 Å². The molecule has 1 saturated carbocycles. The molecule has 10 heteroatoms. The van der Waals surface area contributed by atoms with E-state index in [1.165, 1.54) is 12.2 Å². The number of allylic oxidation sites excluding steroid dienone is 5. The number of hydrogen-bond donors (Lipinski definition) is 3. The topological polar surface area (TPSA) is 159 Å². The van der Waals surface area contributed by atoms with E-state index in [-0.39, 0.29) is 11.1 Å². The van der Waals surface area contributed by atoms with Crippen molar-refractivity contribution in [1.82, 2.24) is 4.90 Å². The minimum atomic E-state index is -1.71. The molecule has 2 aliphatic carbocycles. The number of imide groups is 1. The number of carboxylic acids is 2. The molecule has 1 fully saturated rings. The summed E-state index contributed by atoms with van der Waals surface area (Å²) in [6, 6.07) is -1.71. The van der Waals surface area contributed by atoms with Gasteiger partial charge in [0.05, 0.1) is 5.57 Å². The number of amides is 2. The van der Waals surface area contributed by atoms with E-state index >= 15 is 0 Å². The number of aliphatic carboxylic acids is 2. The number of rotatable bonds is 9. The molecular weight excluding hydrogens is 494 g/mol. The number of esters is 1. The zero-order chi connectivity index (χ0) is 28.4. The number of ether oxygens (including phenoxy) is 1. The van der Waals surface area contributed by atoms with Crippen molar-refractivity contribution in [2.24, 2.45) is 16.7 Å². The Morgan fingerprint density at radius 1 is 1.05 bits per heavy atom. The molecule has 2 amide bonds. The van der Waals surface area contributed by atoms with Gasteiger partial charge in [0.15, 0.2) is 0 Å². The zero-order valence-electron chi connectivity index (χ0n) is 22.0. The third kappa shape index (κ3) is 5.22. The van der Waals surface area contributed by atoms with Crippen molar-refractivity contribution in [3.8, 4) is 0 Å². The van der Waals surface area contributed by atoms with E-state index in [0.717, 1.165) is 6.42 Å². The van der Waals surface area contributed by atoms with Crippen molar-refractivity contribution < 1.29 is 44.0 Å². The van der Waals surface area contributed by atoms with Crippen LogP contribution in [0.2, 0.25) is 0 Å². The lowest BCUT2D eigenvalue weighted by Gasteiger charge is -2.56. The maximum absolute atomic E-state index is 13.7. The fraction of sp³-hybridized carbons (Fsp3) is 0.536. The Balaban J connectivity index is 2.05. The highest BCUT2D eigenvalue weighted by Crippen LogP contribution is 2.61. The first-order chi connectivity index (χ1) is 17.8. The van der Waals surface area contributed by atoms with Crippen molar-refractivity contribution in [3.05, 3.63) is 47.6 Å². The van der Waals surface area contributed by atoms with Gasteiger partial charge in [0.25, 0.3) is 11.8 Å². The summed E-state index contributed by atoms with van der Waals surface area (Å²) in [5, 5.41) is 30.2. The van der Waals surface area contributed by atoms with Crippen LogP contribution in [0, 0.1) is 16.7 Å². The van der Waals surface area contributed by atoms with Gasteiger partial charge in [-0.15, -0.1) is 0 Å². The predicted octanol–water partition coefficient (Wildman–Crippen LogP) is 2.78. The van der Waals surface area contributed by atoms with Gasteiger partial charge in [-0.1, -0.05) is 57.6 Å². The molecule has 5 unspecified atom stereocenters. The van der Waals surface area contributed by atoms with Crippen LogP contribution in [0.3, 0.4) is 0 Å². The van der Waals surface area contributed by atoms with E-state index in [0.29, 0.717) is 17.7 Å². The quantitative estimate of drug-likeness (QED) is 0.177. The molecule has 0 spiro atoms. The minimum Gasteiger partial charge on any atom is -0.481 e. The highest BCUT2D eigenvalue weighted by Gasteiger charge is 2.65. The number of carbonyl (C=O) groups excluding carboxylic acids is 3. The molecule has 3 rings (SSSR count). The van der Waals surface area contributed by atoms with Gasteiger partial charge in [-0.05, 0) is 31.6 Å². The Bertz CT molecular complexity index is 1140. The number of aliphatic hydroxyl groups excluding tert-OH is 1. The molecule has 10 nitrogen and oxygen atoms in total. The summed E-state index contributed by atoms with van der Waals surface area (Å²) in [5.41, 5.74) is -1.73. The fourth-order valence-corrected chi connectivity index (χ4v) is 6.50. The Morgan fingerprint density at radius 3 is 2.32 bits per heavy atom. The Morgan fingerprint density at radius 2 is 1.71 bits per heavy atom. The second-order valence-electron chi connectivity index (χ2n) is 10.9. The second kappa shape index (κ2) is 11.1. The summed E-state index contributed by atoms with van der Waals surface area (Å²) in [7, 11) is 0. The number of hydrogen-bond acceptors (Lipinski definition) is 7. The Hall–Kier alpha value is -3.53. The molecule has 1 heterocycles. The first kappa shape index (κ1) is 29.0. The normalized spacial score (nSPS) is 29.7. The van der Waals surface area contributed by atoms with Crippen LogP contribution in [0.15, 0.2) is 47.6 Å². The molecule has 0 radical (unpaired) electrons. The van der Waals surface area contributed by atoms with Crippen molar-refractivity contribution in [2.45, 2.75) is 78.0 Å². The second-order valence-corrected chi connectivity index (χ2v) is 10.9. The van der Waals surface area contributed by atoms with Gasteiger partial charge in [-0.25, -0.2) is 9.59 Å². The van der Waals surface area contributed by atoms with E-state index in [1.54, 1.807) is 25.2 Å². The van der Waals surface area contributed by atoms with Crippen molar-refractivity contribution in [3.63, 3.8) is 0 Å². The van der Waals surface area contributed by atoms with E-state index in [1.807, 2.05) is 26.8 Å². The third-order valence-electron chi connectivity index (χ3n) is 7.94. The van der Waals surface area contributed by atoms with E-state index in [2.05, 4.69) is 0 Å². The molecule has 0 aromatic heterocycles.